The Morgan fingerprint density at radius 3 is 1.90 bits per heavy atom. The van der Waals surface area contributed by atoms with E-state index in [9.17, 15) is 0 Å². The predicted octanol–water partition coefficient (Wildman–Crippen LogP) is 12.6. The van der Waals surface area contributed by atoms with Gasteiger partial charge in [0.05, 0.1) is 11.5 Å². The van der Waals surface area contributed by atoms with Gasteiger partial charge in [-0.3, -0.25) is 0 Å². The van der Waals surface area contributed by atoms with Gasteiger partial charge in [-0.2, -0.15) is 0 Å². The van der Waals surface area contributed by atoms with Gasteiger partial charge in [-0.25, -0.2) is 0 Å². The molecule has 0 fully saturated rings. The number of benzene rings is 7. The van der Waals surface area contributed by atoms with Gasteiger partial charge in [0.25, 0.3) is 0 Å². The maximum Gasteiger partial charge on any atom is 0.135 e. The fraction of sp³-hybridized carbons (Fsp3) is 0.0612. The Hall–Kier alpha value is -6.38. The molecule has 0 aliphatic heterocycles. The van der Waals surface area contributed by atoms with Crippen LogP contribution in [0.15, 0.2) is 199 Å². The number of fused-ring (bicyclic) bond motifs is 6. The average molecular weight is 654 g/mol. The number of allylic oxidation sites excluding steroid dienone is 2. The lowest BCUT2D eigenvalue weighted by Gasteiger charge is -2.34. The molecule has 51 heavy (non-hydrogen) atoms. The summed E-state index contributed by atoms with van der Waals surface area (Å²) in [4.78, 5) is 2.49. The smallest absolute Gasteiger partial charge is 0.135 e. The van der Waals surface area contributed by atoms with Crippen LogP contribution in [0.2, 0.25) is 0 Å². The molecule has 1 heterocycles. The van der Waals surface area contributed by atoms with Crippen molar-refractivity contribution in [2.24, 2.45) is 0 Å². The molecule has 10 rings (SSSR count). The highest BCUT2D eigenvalue weighted by Gasteiger charge is 2.46. The molecule has 0 saturated carbocycles. The zero-order valence-electron chi connectivity index (χ0n) is 28.1. The van der Waals surface area contributed by atoms with Crippen molar-refractivity contribution < 1.29 is 4.42 Å². The molecular formula is C49H35NO. The Morgan fingerprint density at radius 2 is 1.18 bits per heavy atom. The van der Waals surface area contributed by atoms with E-state index in [1.165, 1.54) is 50.2 Å². The molecule has 2 nitrogen and oxygen atoms in total. The summed E-state index contributed by atoms with van der Waals surface area (Å²) in [7, 11) is 0. The summed E-state index contributed by atoms with van der Waals surface area (Å²) in [5, 5.41) is 2.24. The van der Waals surface area contributed by atoms with E-state index in [2.05, 4.69) is 199 Å². The summed E-state index contributed by atoms with van der Waals surface area (Å²) in [6.45, 7) is 0. The number of nitrogens with zero attached hydrogens (tertiary/aromatic N) is 1. The minimum atomic E-state index is -0.467. The van der Waals surface area contributed by atoms with Gasteiger partial charge < -0.3 is 9.32 Å². The fourth-order valence-corrected chi connectivity index (χ4v) is 8.67. The molecule has 2 aliphatic carbocycles. The highest BCUT2D eigenvalue weighted by atomic mass is 16.3. The van der Waals surface area contributed by atoms with Crippen LogP contribution >= 0.6 is 0 Å². The Balaban J connectivity index is 1.16. The highest BCUT2D eigenvalue weighted by molar-refractivity contribution is 6.07. The monoisotopic (exact) mass is 653 g/mol. The number of hydrogen-bond acceptors (Lipinski definition) is 2. The largest absolute Gasteiger partial charge is 0.456 e. The zero-order chi connectivity index (χ0) is 33.8. The molecule has 242 valence electrons. The van der Waals surface area contributed by atoms with Crippen molar-refractivity contribution >= 4 is 33.3 Å². The third-order valence-corrected chi connectivity index (χ3v) is 10.9. The van der Waals surface area contributed by atoms with Crippen LogP contribution < -0.4 is 4.90 Å². The summed E-state index contributed by atoms with van der Waals surface area (Å²) in [6, 6.07) is 61.9. The normalized spacial score (nSPS) is 15.6. The van der Waals surface area contributed by atoms with Crippen LogP contribution in [-0.2, 0) is 5.41 Å². The molecule has 0 amide bonds. The maximum atomic E-state index is 6.74. The molecule has 2 heteroatoms. The van der Waals surface area contributed by atoms with Crippen LogP contribution in [0.3, 0.4) is 0 Å². The topological polar surface area (TPSA) is 16.4 Å². The minimum Gasteiger partial charge on any atom is -0.456 e. The van der Waals surface area contributed by atoms with E-state index < -0.39 is 5.41 Å². The minimum absolute atomic E-state index is 0.176. The SMILES string of the molecule is C1=CCC(N(c2ccc3oc4cc(C5(c6ccccc6)c6ccccc6-c6ccccc65)ccc4c3c2)c2ccccc2-c2ccccc2)C=C1. The van der Waals surface area contributed by atoms with Crippen LogP contribution in [-0.4, -0.2) is 6.04 Å². The second kappa shape index (κ2) is 11.9. The predicted molar refractivity (Wildman–Crippen MR) is 212 cm³/mol. The van der Waals surface area contributed by atoms with Crippen molar-refractivity contribution in [1.29, 1.82) is 0 Å². The third-order valence-electron chi connectivity index (χ3n) is 10.9. The second-order valence-electron chi connectivity index (χ2n) is 13.6. The average Bonchev–Trinajstić information content (AvgIpc) is 3.72. The van der Waals surface area contributed by atoms with Crippen molar-refractivity contribution in [1.82, 2.24) is 0 Å². The standard InChI is InChI=1S/C49H35NO/c1-4-16-34(17-5-1)39-22-12-15-27-46(39)50(37-20-8-3-9-21-37)38-29-31-47-43(33-38)42-30-28-36(32-48(42)51-47)49(35-18-6-2-7-19-35)44-25-13-10-23-40(44)41-24-11-14-26-45(41)49/h1-20,22-33,37H,21H2. The van der Waals surface area contributed by atoms with E-state index in [0.717, 1.165) is 34.0 Å². The fourth-order valence-electron chi connectivity index (χ4n) is 8.67. The van der Waals surface area contributed by atoms with Crippen molar-refractivity contribution in [3.8, 4) is 22.3 Å². The molecular weight excluding hydrogens is 619 g/mol. The molecule has 0 saturated heterocycles. The van der Waals surface area contributed by atoms with Crippen LogP contribution in [0.1, 0.15) is 28.7 Å². The van der Waals surface area contributed by atoms with Gasteiger partial charge in [0.1, 0.15) is 11.2 Å². The van der Waals surface area contributed by atoms with E-state index in [1.54, 1.807) is 0 Å². The van der Waals surface area contributed by atoms with Gasteiger partial charge in [0.15, 0.2) is 0 Å². The molecule has 2 aliphatic rings. The quantitative estimate of drug-likeness (QED) is 0.178. The van der Waals surface area contributed by atoms with E-state index in [4.69, 9.17) is 4.42 Å². The third kappa shape index (κ3) is 4.57. The van der Waals surface area contributed by atoms with E-state index >= 15 is 0 Å². The van der Waals surface area contributed by atoms with Crippen LogP contribution in [0.5, 0.6) is 0 Å². The first-order valence-corrected chi connectivity index (χ1v) is 17.8. The number of anilines is 2. The van der Waals surface area contributed by atoms with Gasteiger partial charge >= 0.3 is 0 Å². The van der Waals surface area contributed by atoms with E-state index in [-0.39, 0.29) is 6.04 Å². The van der Waals surface area contributed by atoms with Crippen LogP contribution in [0.25, 0.3) is 44.2 Å². The number of rotatable bonds is 6. The van der Waals surface area contributed by atoms with Gasteiger partial charge in [0.2, 0.25) is 0 Å². The van der Waals surface area contributed by atoms with Crippen molar-refractivity contribution in [3.63, 3.8) is 0 Å². The molecule has 7 aromatic carbocycles. The molecule has 1 aromatic heterocycles. The Labute approximate surface area is 298 Å². The van der Waals surface area contributed by atoms with Crippen LogP contribution in [0.4, 0.5) is 11.4 Å². The van der Waals surface area contributed by atoms with Crippen LogP contribution in [0, 0.1) is 0 Å². The lowest BCUT2D eigenvalue weighted by molar-refractivity contribution is 0.665. The highest BCUT2D eigenvalue weighted by Crippen LogP contribution is 2.56. The van der Waals surface area contributed by atoms with Gasteiger partial charge in [-0.15, -0.1) is 0 Å². The molecule has 8 aromatic rings. The van der Waals surface area contributed by atoms with Gasteiger partial charge in [-0.1, -0.05) is 164 Å². The molecule has 0 radical (unpaired) electrons. The molecule has 0 spiro atoms. The number of furan rings is 1. The molecule has 0 N–H and O–H groups in total. The Bertz CT molecular complexity index is 2580. The van der Waals surface area contributed by atoms with Crippen molar-refractivity contribution in [2.45, 2.75) is 17.9 Å². The number of hydrogen-bond donors (Lipinski definition) is 0. The first kappa shape index (κ1) is 29.5. The second-order valence-corrected chi connectivity index (χ2v) is 13.6. The van der Waals surface area contributed by atoms with E-state index in [0.29, 0.717) is 0 Å². The summed E-state index contributed by atoms with van der Waals surface area (Å²) in [6.07, 6.45) is 9.81. The lowest BCUT2D eigenvalue weighted by Crippen LogP contribution is -2.30. The van der Waals surface area contributed by atoms with Gasteiger partial charge in [0, 0.05) is 27.7 Å². The summed E-state index contributed by atoms with van der Waals surface area (Å²) >= 11 is 0. The first-order valence-electron chi connectivity index (χ1n) is 17.8. The lowest BCUT2D eigenvalue weighted by atomic mass is 9.67. The number of para-hydroxylation sites is 1. The van der Waals surface area contributed by atoms with E-state index in [1.807, 2.05) is 0 Å². The van der Waals surface area contributed by atoms with Crippen molar-refractivity contribution in [3.05, 3.63) is 216 Å². The Kier molecular flexibility index (Phi) is 6.89. The summed E-state index contributed by atoms with van der Waals surface area (Å²) in [5.41, 5.74) is 13.7. The maximum absolute atomic E-state index is 6.74. The summed E-state index contributed by atoms with van der Waals surface area (Å²) in [5.74, 6) is 0. The zero-order valence-corrected chi connectivity index (χ0v) is 28.1. The Morgan fingerprint density at radius 1 is 0.510 bits per heavy atom. The molecule has 0 bridgehead atoms. The molecule has 1 atom stereocenters. The summed E-state index contributed by atoms with van der Waals surface area (Å²) < 4.78 is 6.74. The first-order chi connectivity index (χ1) is 25.3. The van der Waals surface area contributed by atoms with Gasteiger partial charge in [-0.05, 0) is 75.7 Å². The molecule has 1 unspecified atom stereocenters. The van der Waals surface area contributed by atoms with Crippen molar-refractivity contribution in [2.75, 3.05) is 4.90 Å².